The number of carbonyl (C=O) groups is 1. The summed E-state index contributed by atoms with van der Waals surface area (Å²) in [4.78, 5) is 12.6. The zero-order chi connectivity index (χ0) is 25.0. The molecule has 0 amide bonds. The van der Waals surface area contributed by atoms with Crippen molar-refractivity contribution in [2.45, 2.75) is 86.3 Å². The highest BCUT2D eigenvalue weighted by Gasteiger charge is 2.32. The zero-order valence-electron chi connectivity index (χ0n) is 21.8. The second-order valence-corrected chi connectivity index (χ2v) is 11.3. The SMILES string of the molecule is CCC(CC)(c1ccc(CNS(C)=O)c(C)c1)c1ccc(OC(C)C(=O)C(C)(C)C)c(C)c1. The second kappa shape index (κ2) is 11.0. The number of benzene rings is 2. The smallest absolute Gasteiger partial charge is 0.178 e. The Kier molecular flexibility index (Phi) is 9.06. The number of aryl methyl sites for hydroxylation is 2. The van der Waals surface area contributed by atoms with E-state index in [1.807, 2.05) is 40.7 Å². The van der Waals surface area contributed by atoms with Crippen LogP contribution in [0.1, 0.15) is 82.2 Å². The zero-order valence-corrected chi connectivity index (χ0v) is 22.6. The minimum atomic E-state index is -1.03. The molecule has 2 aromatic carbocycles. The largest absolute Gasteiger partial charge is 0.483 e. The van der Waals surface area contributed by atoms with E-state index in [-0.39, 0.29) is 11.2 Å². The molecule has 0 aliphatic heterocycles. The summed E-state index contributed by atoms with van der Waals surface area (Å²) in [6.07, 6.45) is 3.10. The maximum absolute atomic E-state index is 12.6. The molecule has 0 saturated heterocycles. The van der Waals surface area contributed by atoms with Gasteiger partial charge in [-0.25, -0.2) is 8.93 Å². The topological polar surface area (TPSA) is 55.4 Å². The fourth-order valence-corrected chi connectivity index (χ4v) is 4.90. The third-order valence-corrected chi connectivity index (χ3v) is 7.26. The van der Waals surface area contributed by atoms with Crippen LogP contribution in [0.2, 0.25) is 0 Å². The van der Waals surface area contributed by atoms with Crippen LogP contribution < -0.4 is 9.46 Å². The third-order valence-electron chi connectivity index (χ3n) is 6.71. The Morgan fingerprint density at radius 2 is 1.55 bits per heavy atom. The number of hydrogen-bond acceptors (Lipinski definition) is 3. The van der Waals surface area contributed by atoms with Crippen molar-refractivity contribution in [3.8, 4) is 5.75 Å². The summed E-state index contributed by atoms with van der Waals surface area (Å²) < 4.78 is 20.5. The van der Waals surface area contributed by atoms with Gasteiger partial charge in [0, 0.05) is 23.6 Å². The lowest BCUT2D eigenvalue weighted by Crippen LogP contribution is -2.34. The van der Waals surface area contributed by atoms with Gasteiger partial charge < -0.3 is 4.74 Å². The predicted molar refractivity (Wildman–Crippen MR) is 139 cm³/mol. The molecule has 1 N–H and O–H groups in total. The summed E-state index contributed by atoms with van der Waals surface area (Å²) in [7, 11) is -1.03. The Bertz CT molecular complexity index is 1000. The van der Waals surface area contributed by atoms with E-state index < -0.39 is 22.5 Å². The van der Waals surface area contributed by atoms with Crippen LogP contribution in [0.25, 0.3) is 0 Å². The Morgan fingerprint density at radius 1 is 1.00 bits per heavy atom. The summed E-state index contributed by atoms with van der Waals surface area (Å²) in [5, 5.41) is 0. The van der Waals surface area contributed by atoms with Crippen molar-refractivity contribution >= 4 is 16.8 Å². The molecule has 0 heterocycles. The number of hydrogen-bond donors (Lipinski definition) is 1. The van der Waals surface area contributed by atoms with E-state index in [4.69, 9.17) is 4.74 Å². The summed E-state index contributed by atoms with van der Waals surface area (Å²) in [5.74, 6) is 0.856. The van der Waals surface area contributed by atoms with E-state index in [1.54, 1.807) is 6.26 Å². The Balaban J connectivity index is 2.39. The normalized spacial score (nSPS) is 14.1. The molecule has 0 saturated carbocycles. The van der Waals surface area contributed by atoms with Crippen LogP contribution >= 0.6 is 0 Å². The number of carbonyl (C=O) groups excluding carboxylic acids is 1. The van der Waals surface area contributed by atoms with Gasteiger partial charge in [-0.2, -0.15) is 0 Å². The van der Waals surface area contributed by atoms with Gasteiger partial charge >= 0.3 is 0 Å². The molecule has 2 aromatic rings. The minimum Gasteiger partial charge on any atom is -0.483 e. The number of ketones is 1. The van der Waals surface area contributed by atoms with Gasteiger partial charge in [-0.05, 0) is 67.5 Å². The third kappa shape index (κ3) is 6.33. The highest BCUT2D eigenvalue weighted by Crippen LogP contribution is 2.41. The van der Waals surface area contributed by atoms with E-state index in [9.17, 15) is 9.00 Å². The average Bonchev–Trinajstić information content (AvgIpc) is 2.74. The lowest BCUT2D eigenvalue weighted by molar-refractivity contribution is -0.132. The fraction of sp³-hybridized carbons (Fsp3) is 0.536. The molecule has 0 aliphatic rings. The summed E-state index contributed by atoms with van der Waals surface area (Å²) in [5.41, 5.74) is 5.40. The van der Waals surface area contributed by atoms with E-state index in [0.29, 0.717) is 6.54 Å². The molecular weight excluding hydrogens is 430 g/mol. The molecular formula is C28H41NO3S. The van der Waals surface area contributed by atoms with E-state index in [2.05, 4.69) is 55.8 Å². The van der Waals surface area contributed by atoms with Crippen molar-refractivity contribution in [2.75, 3.05) is 6.26 Å². The van der Waals surface area contributed by atoms with Crippen molar-refractivity contribution in [3.05, 3.63) is 64.2 Å². The van der Waals surface area contributed by atoms with Gasteiger partial charge in [0.25, 0.3) is 0 Å². The second-order valence-electron chi connectivity index (χ2n) is 10.1. The van der Waals surface area contributed by atoms with Gasteiger partial charge in [0.05, 0.1) is 11.0 Å². The maximum atomic E-state index is 12.6. The molecule has 4 nitrogen and oxygen atoms in total. The van der Waals surface area contributed by atoms with Crippen LogP contribution in [0.3, 0.4) is 0 Å². The van der Waals surface area contributed by atoms with Crippen molar-refractivity contribution in [2.24, 2.45) is 5.41 Å². The molecule has 2 atom stereocenters. The molecule has 0 aromatic heterocycles. The predicted octanol–water partition coefficient (Wildman–Crippen LogP) is 6.18. The summed E-state index contributed by atoms with van der Waals surface area (Å²) in [6.45, 7) is 16.8. The number of ether oxygens (including phenoxy) is 1. The number of Topliss-reactive ketones (excluding diaryl/α,β-unsaturated/α-hetero) is 1. The fourth-order valence-electron chi connectivity index (χ4n) is 4.54. The molecule has 0 fully saturated rings. The lowest BCUT2D eigenvalue weighted by Gasteiger charge is -2.34. The van der Waals surface area contributed by atoms with Crippen LogP contribution in [0.4, 0.5) is 0 Å². The Hall–Kier alpha value is -1.98. The van der Waals surface area contributed by atoms with E-state index in [0.717, 1.165) is 29.7 Å². The molecule has 0 radical (unpaired) electrons. The highest BCUT2D eigenvalue weighted by atomic mass is 32.2. The van der Waals surface area contributed by atoms with Gasteiger partial charge in [0.15, 0.2) is 11.9 Å². The molecule has 0 aliphatic carbocycles. The van der Waals surface area contributed by atoms with Crippen LogP contribution in [0.5, 0.6) is 5.75 Å². The van der Waals surface area contributed by atoms with Crippen LogP contribution in [0, 0.1) is 19.3 Å². The Morgan fingerprint density at radius 3 is 2.00 bits per heavy atom. The summed E-state index contributed by atoms with van der Waals surface area (Å²) >= 11 is 0. The van der Waals surface area contributed by atoms with E-state index in [1.165, 1.54) is 16.7 Å². The molecule has 5 heteroatoms. The molecule has 0 bridgehead atoms. The first-order valence-corrected chi connectivity index (χ1v) is 13.4. The quantitative estimate of drug-likeness (QED) is 0.450. The molecule has 182 valence electrons. The van der Waals surface area contributed by atoms with Gasteiger partial charge in [-0.3, -0.25) is 4.79 Å². The molecule has 2 rings (SSSR count). The number of nitrogens with one attached hydrogen (secondary N) is 1. The minimum absolute atomic E-state index is 0.0967. The van der Waals surface area contributed by atoms with Crippen molar-refractivity contribution in [1.82, 2.24) is 4.72 Å². The number of rotatable bonds is 10. The lowest BCUT2D eigenvalue weighted by atomic mass is 9.70. The summed E-state index contributed by atoms with van der Waals surface area (Å²) in [6, 6.07) is 13.0. The van der Waals surface area contributed by atoms with Crippen LogP contribution in [0.15, 0.2) is 36.4 Å². The first-order chi connectivity index (χ1) is 15.4. The first-order valence-electron chi connectivity index (χ1n) is 11.8. The van der Waals surface area contributed by atoms with Crippen molar-refractivity contribution < 1.29 is 13.7 Å². The van der Waals surface area contributed by atoms with Crippen LogP contribution in [-0.2, 0) is 27.7 Å². The van der Waals surface area contributed by atoms with Gasteiger partial charge in [-0.15, -0.1) is 0 Å². The molecule has 0 spiro atoms. The monoisotopic (exact) mass is 471 g/mol. The first kappa shape index (κ1) is 27.3. The van der Waals surface area contributed by atoms with Crippen LogP contribution in [-0.4, -0.2) is 22.4 Å². The average molecular weight is 472 g/mol. The Labute approximate surface area is 203 Å². The molecule has 33 heavy (non-hydrogen) atoms. The van der Waals surface area contributed by atoms with Crippen molar-refractivity contribution in [1.29, 1.82) is 0 Å². The van der Waals surface area contributed by atoms with Crippen molar-refractivity contribution in [3.63, 3.8) is 0 Å². The van der Waals surface area contributed by atoms with Gasteiger partial charge in [0.1, 0.15) is 5.75 Å². The van der Waals surface area contributed by atoms with Gasteiger partial charge in [-0.1, -0.05) is 65.0 Å². The molecule has 2 unspecified atom stereocenters. The van der Waals surface area contributed by atoms with Gasteiger partial charge in [0.2, 0.25) is 0 Å². The highest BCUT2D eigenvalue weighted by molar-refractivity contribution is 7.82. The van der Waals surface area contributed by atoms with E-state index >= 15 is 0 Å². The standard InChI is InChI=1S/C28H41NO3S/c1-10-28(11-2,23-13-12-22(19(3)16-23)18-29-33(9)31)24-14-15-25(20(4)17-24)32-21(5)26(30)27(6,7)8/h12-17,21,29H,10-11,18H2,1-9H3. The maximum Gasteiger partial charge on any atom is 0.178 e.